The highest BCUT2D eigenvalue weighted by Gasteiger charge is 2.43. The van der Waals surface area contributed by atoms with E-state index >= 15 is 0 Å². The molecule has 0 radical (unpaired) electrons. The van der Waals surface area contributed by atoms with Crippen LogP contribution < -0.4 is 10.7 Å². The molecule has 2 unspecified atom stereocenters. The zero-order valence-electron chi connectivity index (χ0n) is 17.6. The maximum Gasteiger partial charge on any atom is 0.255 e. The number of carbonyl (C=O) groups excluding carboxylic acids is 2. The van der Waals surface area contributed by atoms with Crippen LogP contribution in [-0.4, -0.2) is 17.5 Å². The third-order valence-corrected chi connectivity index (χ3v) is 5.62. The molecule has 0 bridgehead atoms. The molecule has 3 aromatic rings. The lowest BCUT2D eigenvalue weighted by Crippen LogP contribution is -2.21. The molecule has 0 spiro atoms. The van der Waals surface area contributed by atoms with Crippen molar-refractivity contribution in [2.75, 3.05) is 5.32 Å². The summed E-state index contributed by atoms with van der Waals surface area (Å²) in [6.07, 6.45) is 0.852. The molecular weight excluding hydrogens is 386 g/mol. The van der Waals surface area contributed by atoms with Crippen LogP contribution in [0.2, 0.25) is 0 Å². The first-order valence-electron chi connectivity index (χ1n) is 10.4. The number of hydrogen-bond acceptors (Lipinski definition) is 3. The highest BCUT2D eigenvalue weighted by molar-refractivity contribution is 6.06. The summed E-state index contributed by atoms with van der Waals surface area (Å²) < 4.78 is 0. The Morgan fingerprint density at radius 1 is 0.935 bits per heavy atom. The highest BCUT2D eigenvalue weighted by Crippen LogP contribution is 2.47. The zero-order chi connectivity index (χ0) is 21.8. The van der Waals surface area contributed by atoms with E-state index < -0.39 is 0 Å². The number of carbonyl (C=O) groups is 2. The van der Waals surface area contributed by atoms with Crippen molar-refractivity contribution in [2.45, 2.75) is 26.2 Å². The Bertz CT molecular complexity index is 1140. The van der Waals surface area contributed by atoms with Crippen LogP contribution >= 0.6 is 0 Å². The molecule has 0 aromatic heterocycles. The Balaban J connectivity index is 1.38. The Morgan fingerprint density at radius 3 is 2.45 bits per heavy atom. The molecule has 0 saturated heterocycles. The Hall–Kier alpha value is -3.73. The van der Waals surface area contributed by atoms with Gasteiger partial charge in [-0.25, -0.2) is 5.43 Å². The van der Waals surface area contributed by atoms with Gasteiger partial charge in [-0.3, -0.25) is 9.59 Å². The smallest absolute Gasteiger partial charge is 0.255 e. The van der Waals surface area contributed by atoms with Crippen LogP contribution in [0.4, 0.5) is 5.69 Å². The molecular formula is C26H25N3O2. The molecule has 2 N–H and O–H groups in total. The fourth-order valence-electron chi connectivity index (χ4n) is 3.69. The number of anilines is 1. The fourth-order valence-corrected chi connectivity index (χ4v) is 3.69. The number of rotatable bonds is 6. The number of hydrazone groups is 1. The third kappa shape index (κ3) is 4.89. The van der Waals surface area contributed by atoms with Crippen LogP contribution in [0.5, 0.6) is 0 Å². The summed E-state index contributed by atoms with van der Waals surface area (Å²) in [6.45, 7) is 3.75. The summed E-state index contributed by atoms with van der Waals surface area (Å²) in [4.78, 5) is 25.0. The molecule has 156 valence electrons. The van der Waals surface area contributed by atoms with Crippen molar-refractivity contribution in [3.63, 3.8) is 0 Å². The molecule has 4 rings (SSSR count). The van der Waals surface area contributed by atoms with Gasteiger partial charge in [0.1, 0.15) is 0 Å². The summed E-state index contributed by atoms with van der Waals surface area (Å²) in [5.74, 6) is 0.0337. The van der Waals surface area contributed by atoms with Crippen molar-refractivity contribution in [1.29, 1.82) is 0 Å². The number of aryl methyl sites for hydroxylation is 1. The van der Waals surface area contributed by atoms with E-state index in [-0.39, 0.29) is 23.7 Å². The number of benzene rings is 3. The molecule has 31 heavy (non-hydrogen) atoms. The van der Waals surface area contributed by atoms with Crippen molar-refractivity contribution in [3.8, 4) is 0 Å². The number of amides is 2. The van der Waals surface area contributed by atoms with Crippen molar-refractivity contribution < 1.29 is 9.59 Å². The minimum Gasteiger partial charge on any atom is -0.322 e. The highest BCUT2D eigenvalue weighted by atomic mass is 16.2. The molecule has 3 aromatic carbocycles. The monoisotopic (exact) mass is 411 g/mol. The van der Waals surface area contributed by atoms with E-state index in [1.54, 1.807) is 6.07 Å². The fraction of sp³-hybridized carbons (Fsp3) is 0.192. The SMILES string of the molecule is C/C(=N\NC(=O)C1CC1c1ccccc1)c1cccc(NC(=O)c2ccccc2C)c1. The predicted molar refractivity (Wildman–Crippen MR) is 123 cm³/mol. The summed E-state index contributed by atoms with van der Waals surface area (Å²) in [5, 5.41) is 7.21. The van der Waals surface area contributed by atoms with Gasteiger partial charge in [0.15, 0.2) is 0 Å². The molecule has 0 heterocycles. The molecule has 1 aliphatic rings. The third-order valence-electron chi connectivity index (χ3n) is 5.62. The second-order valence-electron chi connectivity index (χ2n) is 7.88. The van der Waals surface area contributed by atoms with Gasteiger partial charge in [-0.2, -0.15) is 5.10 Å². The van der Waals surface area contributed by atoms with Gasteiger partial charge in [0.05, 0.1) is 5.71 Å². The number of hydrogen-bond donors (Lipinski definition) is 2. The van der Waals surface area contributed by atoms with Crippen LogP contribution in [-0.2, 0) is 4.79 Å². The van der Waals surface area contributed by atoms with Gasteiger partial charge in [-0.15, -0.1) is 0 Å². The minimum atomic E-state index is -0.154. The molecule has 5 nitrogen and oxygen atoms in total. The van der Waals surface area contributed by atoms with Gasteiger partial charge < -0.3 is 5.32 Å². The average Bonchev–Trinajstić information content (AvgIpc) is 3.59. The average molecular weight is 412 g/mol. The normalized spacial score (nSPS) is 17.7. The van der Waals surface area contributed by atoms with E-state index in [0.29, 0.717) is 17.0 Å². The molecule has 1 saturated carbocycles. The lowest BCUT2D eigenvalue weighted by Gasteiger charge is -2.09. The lowest BCUT2D eigenvalue weighted by molar-refractivity contribution is -0.122. The van der Waals surface area contributed by atoms with E-state index in [4.69, 9.17) is 0 Å². The molecule has 0 aliphatic heterocycles. The van der Waals surface area contributed by atoms with Gasteiger partial charge in [0, 0.05) is 17.2 Å². The second-order valence-corrected chi connectivity index (χ2v) is 7.88. The van der Waals surface area contributed by atoms with Gasteiger partial charge in [-0.05, 0) is 61.1 Å². The summed E-state index contributed by atoms with van der Waals surface area (Å²) in [6, 6.07) is 25.0. The van der Waals surface area contributed by atoms with Gasteiger partial charge in [-0.1, -0.05) is 60.7 Å². The van der Waals surface area contributed by atoms with Crippen molar-refractivity contribution in [2.24, 2.45) is 11.0 Å². The standard InChI is InChI=1S/C26H25N3O2/c1-17-9-6-7-14-22(17)25(30)27-21-13-8-12-20(15-21)18(2)28-29-26(31)24-16-23(24)19-10-4-3-5-11-19/h3-15,23-24H,16H2,1-2H3,(H,27,30)(H,29,31)/b28-18+. The molecule has 2 atom stereocenters. The van der Waals surface area contributed by atoms with E-state index in [9.17, 15) is 9.59 Å². The Labute approximate surface area is 182 Å². The maximum atomic E-state index is 12.6. The second kappa shape index (κ2) is 8.96. The number of nitrogens with one attached hydrogen (secondary N) is 2. The molecule has 2 amide bonds. The quantitative estimate of drug-likeness (QED) is 0.448. The van der Waals surface area contributed by atoms with E-state index in [2.05, 4.69) is 28.0 Å². The van der Waals surface area contributed by atoms with Crippen molar-refractivity contribution in [3.05, 3.63) is 101 Å². The maximum absolute atomic E-state index is 12.6. The van der Waals surface area contributed by atoms with Crippen molar-refractivity contribution >= 4 is 23.2 Å². The topological polar surface area (TPSA) is 70.6 Å². The van der Waals surface area contributed by atoms with E-state index in [1.165, 1.54) is 5.56 Å². The van der Waals surface area contributed by atoms with Crippen molar-refractivity contribution in [1.82, 2.24) is 5.43 Å². The molecule has 1 fully saturated rings. The zero-order valence-corrected chi connectivity index (χ0v) is 17.6. The first-order chi connectivity index (χ1) is 15.0. The molecule has 5 heteroatoms. The Kier molecular flexibility index (Phi) is 5.94. The first-order valence-corrected chi connectivity index (χ1v) is 10.4. The summed E-state index contributed by atoms with van der Waals surface area (Å²) in [7, 11) is 0. The molecule has 1 aliphatic carbocycles. The number of nitrogens with zero attached hydrogens (tertiary/aromatic N) is 1. The first kappa shape index (κ1) is 20.5. The predicted octanol–water partition coefficient (Wildman–Crippen LogP) is 4.89. The summed E-state index contributed by atoms with van der Waals surface area (Å²) in [5.41, 5.74) is 7.64. The largest absolute Gasteiger partial charge is 0.322 e. The van der Waals surface area contributed by atoms with E-state index in [1.807, 2.05) is 74.5 Å². The van der Waals surface area contributed by atoms with Crippen LogP contribution in [0.25, 0.3) is 0 Å². The van der Waals surface area contributed by atoms with Gasteiger partial charge >= 0.3 is 0 Å². The minimum absolute atomic E-state index is 0.0290. The van der Waals surface area contributed by atoms with Crippen LogP contribution in [0.3, 0.4) is 0 Å². The van der Waals surface area contributed by atoms with Crippen LogP contribution in [0.1, 0.15) is 46.3 Å². The van der Waals surface area contributed by atoms with Crippen LogP contribution in [0, 0.1) is 12.8 Å². The lowest BCUT2D eigenvalue weighted by atomic mass is 10.1. The van der Waals surface area contributed by atoms with Crippen LogP contribution in [0.15, 0.2) is 84.0 Å². The van der Waals surface area contributed by atoms with Gasteiger partial charge in [0.2, 0.25) is 5.91 Å². The Morgan fingerprint density at radius 2 is 1.68 bits per heavy atom. The summed E-state index contributed by atoms with van der Waals surface area (Å²) >= 11 is 0. The van der Waals surface area contributed by atoms with E-state index in [0.717, 1.165) is 17.5 Å². The van der Waals surface area contributed by atoms with Gasteiger partial charge in [0.25, 0.3) is 5.91 Å².